The number of pyridine rings is 1. The fraction of sp³-hybridized carbons (Fsp3) is 0. The lowest BCUT2D eigenvalue weighted by Gasteiger charge is -2.10. The van der Waals surface area contributed by atoms with Crippen LogP contribution in [0.3, 0.4) is 0 Å². The maximum Gasteiger partial charge on any atom is 0.228 e. The normalized spacial score (nSPS) is 11.9. The van der Waals surface area contributed by atoms with Gasteiger partial charge in [-0.2, -0.15) is 0 Å². The molecule has 0 saturated heterocycles. The highest BCUT2D eigenvalue weighted by Gasteiger charge is 2.23. The maximum absolute atomic E-state index is 6.67. The zero-order chi connectivity index (χ0) is 33.5. The molecule has 0 saturated carbocycles. The molecular formula is C44H25N5O2. The molecule has 0 aliphatic rings. The van der Waals surface area contributed by atoms with Gasteiger partial charge in [0.15, 0.2) is 23.1 Å². The SMILES string of the molecule is c1ccc(-c2nc(-c3cccc4c3oc3ccccc34)nc(-c3ccnc4oc5c(-n6c7ccccc7c7ccccc76)cccc5c34)n2)cc1. The largest absolute Gasteiger partial charge is 0.455 e. The molecular weight excluding hydrogens is 631 g/mol. The van der Waals surface area contributed by atoms with Gasteiger partial charge in [-0.3, -0.25) is 0 Å². The quantitative estimate of drug-likeness (QED) is 0.188. The molecule has 0 fully saturated rings. The highest BCUT2D eigenvalue weighted by atomic mass is 16.3. The third kappa shape index (κ3) is 4.12. The van der Waals surface area contributed by atoms with E-state index in [1.807, 2.05) is 66.7 Å². The van der Waals surface area contributed by atoms with Crippen molar-refractivity contribution in [2.24, 2.45) is 0 Å². The van der Waals surface area contributed by atoms with E-state index in [9.17, 15) is 0 Å². The summed E-state index contributed by atoms with van der Waals surface area (Å²) in [7, 11) is 0. The van der Waals surface area contributed by atoms with Crippen molar-refractivity contribution in [3.63, 3.8) is 0 Å². The summed E-state index contributed by atoms with van der Waals surface area (Å²) in [5.41, 5.74) is 8.43. The second kappa shape index (κ2) is 10.7. The zero-order valence-electron chi connectivity index (χ0n) is 27.0. The van der Waals surface area contributed by atoms with Crippen LogP contribution < -0.4 is 0 Å². The second-order valence-corrected chi connectivity index (χ2v) is 12.6. The molecule has 7 nitrogen and oxygen atoms in total. The average molecular weight is 656 g/mol. The van der Waals surface area contributed by atoms with Gasteiger partial charge in [-0.1, -0.05) is 109 Å². The van der Waals surface area contributed by atoms with Crippen LogP contribution in [0.1, 0.15) is 0 Å². The fourth-order valence-electron chi connectivity index (χ4n) is 7.51. The Kier molecular flexibility index (Phi) is 5.83. The molecule has 238 valence electrons. The first-order valence-corrected chi connectivity index (χ1v) is 16.8. The van der Waals surface area contributed by atoms with Crippen LogP contribution in [0.5, 0.6) is 0 Å². The van der Waals surface area contributed by atoms with Crippen molar-refractivity contribution in [3.05, 3.63) is 152 Å². The number of furan rings is 2. The Morgan fingerprint density at radius 1 is 0.431 bits per heavy atom. The van der Waals surface area contributed by atoms with E-state index in [-0.39, 0.29) is 0 Å². The lowest BCUT2D eigenvalue weighted by Crippen LogP contribution is -2.00. The number of fused-ring (bicyclic) bond motifs is 9. The summed E-state index contributed by atoms with van der Waals surface area (Å²) in [6.07, 6.45) is 1.76. The van der Waals surface area contributed by atoms with Crippen LogP contribution in [0, 0.1) is 0 Å². The molecule has 0 atom stereocenters. The molecule has 5 heterocycles. The Labute approximate surface area is 290 Å². The molecule has 5 aromatic heterocycles. The molecule has 0 spiro atoms. The monoisotopic (exact) mass is 655 g/mol. The van der Waals surface area contributed by atoms with Crippen molar-refractivity contribution in [2.45, 2.75) is 0 Å². The van der Waals surface area contributed by atoms with Gasteiger partial charge in [-0.15, -0.1) is 0 Å². The molecule has 0 N–H and O–H groups in total. The number of rotatable bonds is 4. The van der Waals surface area contributed by atoms with Crippen LogP contribution in [0.2, 0.25) is 0 Å². The molecule has 7 heteroatoms. The molecule has 0 amide bonds. The predicted octanol–water partition coefficient (Wildman–Crippen LogP) is 11.2. The summed E-state index contributed by atoms with van der Waals surface area (Å²) in [6, 6.07) is 49.3. The number of hydrogen-bond acceptors (Lipinski definition) is 6. The Morgan fingerprint density at radius 2 is 1.06 bits per heavy atom. The van der Waals surface area contributed by atoms with E-state index in [4.69, 9.17) is 28.8 Å². The maximum atomic E-state index is 6.67. The van der Waals surface area contributed by atoms with Gasteiger partial charge in [-0.25, -0.2) is 19.9 Å². The Morgan fingerprint density at radius 3 is 1.86 bits per heavy atom. The van der Waals surface area contributed by atoms with Gasteiger partial charge in [-0.05, 0) is 36.4 Å². The van der Waals surface area contributed by atoms with E-state index < -0.39 is 0 Å². The van der Waals surface area contributed by atoms with Crippen LogP contribution in [-0.4, -0.2) is 24.5 Å². The van der Waals surface area contributed by atoms with Gasteiger partial charge < -0.3 is 13.4 Å². The Hall–Kier alpha value is -7.12. The highest BCUT2D eigenvalue weighted by Crippen LogP contribution is 2.41. The van der Waals surface area contributed by atoms with Gasteiger partial charge >= 0.3 is 0 Å². The first-order valence-electron chi connectivity index (χ1n) is 16.8. The summed E-state index contributed by atoms with van der Waals surface area (Å²) in [6.45, 7) is 0. The first kappa shape index (κ1) is 27.8. The van der Waals surface area contributed by atoms with E-state index in [0.717, 1.165) is 71.7 Å². The summed E-state index contributed by atoms with van der Waals surface area (Å²) in [5.74, 6) is 1.60. The van der Waals surface area contributed by atoms with Crippen molar-refractivity contribution >= 4 is 65.8 Å². The Bertz CT molecular complexity index is 3100. The van der Waals surface area contributed by atoms with Crippen molar-refractivity contribution in [2.75, 3.05) is 0 Å². The number of benzene rings is 6. The van der Waals surface area contributed by atoms with E-state index in [2.05, 4.69) is 83.4 Å². The third-order valence-corrected chi connectivity index (χ3v) is 9.75. The Balaban J connectivity index is 1.18. The lowest BCUT2D eigenvalue weighted by molar-refractivity contribution is 0.652. The topological polar surface area (TPSA) is 82.8 Å². The van der Waals surface area contributed by atoms with Crippen molar-refractivity contribution in [1.82, 2.24) is 24.5 Å². The van der Waals surface area contributed by atoms with Crippen LogP contribution >= 0.6 is 0 Å². The van der Waals surface area contributed by atoms with Crippen LogP contribution in [0.15, 0.2) is 161 Å². The lowest BCUT2D eigenvalue weighted by atomic mass is 10.1. The minimum Gasteiger partial charge on any atom is -0.455 e. The van der Waals surface area contributed by atoms with E-state index in [1.54, 1.807) is 6.20 Å². The first-order chi connectivity index (χ1) is 25.3. The number of aromatic nitrogens is 5. The summed E-state index contributed by atoms with van der Waals surface area (Å²) < 4.78 is 15.4. The summed E-state index contributed by atoms with van der Waals surface area (Å²) >= 11 is 0. The van der Waals surface area contributed by atoms with Gasteiger partial charge in [0, 0.05) is 44.3 Å². The summed E-state index contributed by atoms with van der Waals surface area (Å²) in [5, 5.41) is 6.20. The van der Waals surface area contributed by atoms with Crippen molar-refractivity contribution < 1.29 is 8.83 Å². The fourth-order valence-corrected chi connectivity index (χ4v) is 7.51. The van der Waals surface area contributed by atoms with Gasteiger partial charge in [0.1, 0.15) is 11.2 Å². The van der Waals surface area contributed by atoms with Crippen LogP contribution in [-0.2, 0) is 0 Å². The molecule has 0 aliphatic carbocycles. The molecule has 0 radical (unpaired) electrons. The highest BCUT2D eigenvalue weighted by molar-refractivity contribution is 6.15. The van der Waals surface area contributed by atoms with Crippen LogP contribution in [0.25, 0.3) is 106 Å². The van der Waals surface area contributed by atoms with Crippen molar-refractivity contribution in [3.8, 4) is 39.9 Å². The number of para-hydroxylation sites is 5. The zero-order valence-corrected chi connectivity index (χ0v) is 27.0. The smallest absolute Gasteiger partial charge is 0.228 e. The third-order valence-electron chi connectivity index (χ3n) is 9.75. The van der Waals surface area contributed by atoms with Gasteiger partial charge in [0.25, 0.3) is 0 Å². The van der Waals surface area contributed by atoms with E-state index >= 15 is 0 Å². The van der Waals surface area contributed by atoms with Crippen molar-refractivity contribution in [1.29, 1.82) is 0 Å². The van der Waals surface area contributed by atoms with Gasteiger partial charge in [0.05, 0.1) is 27.7 Å². The second-order valence-electron chi connectivity index (χ2n) is 12.6. The summed E-state index contributed by atoms with van der Waals surface area (Å²) in [4.78, 5) is 20.0. The van der Waals surface area contributed by atoms with E-state index in [1.165, 1.54) is 10.8 Å². The molecule has 6 aromatic carbocycles. The molecule has 0 bridgehead atoms. The van der Waals surface area contributed by atoms with Gasteiger partial charge in [0.2, 0.25) is 5.71 Å². The molecule has 11 aromatic rings. The molecule has 51 heavy (non-hydrogen) atoms. The van der Waals surface area contributed by atoms with E-state index in [0.29, 0.717) is 23.2 Å². The average Bonchev–Trinajstić information content (AvgIpc) is 3.88. The number of nitrogens with zero attached hydrogens (tertiary/aromatic N) is 5. The minimum atomic E-state index is 0.512. The molecule has 0 aliphatic heterocycles. The number of hydrogen-bond donors (Lipinski definition) is 0. The molecule has 0 unspecified atom stereocenters. The standard InChI is InChI=1S/C44H25N5O2/c1-2-12-26(13-3-1)41-46-42(48-43(47-41)33-19-10-17-30-29-16-6-9-23-37(29)50-39(30)33)32-24-25-45-44-38(32)31-18-11-22-36(40(31)51-44)49-34-20-7-4-14-27(34)28-15-5-8-21-35(28)49/h1-25H. The minimum absolute atomic E-state index is 0.512. The van der Waals surface area contributed by atoms with Crippen LogP contribution in [0.4, 0.5) is 0 Å². The molecule has 11 rings (SSSR count). The predicted molar refractivity (Wildman–Crippen MR) is 203 cm³/mol.